The highest BCUT2D eigenvalue weighted by Gasteiger charge is 2.35. The summed E-state index contributed by atoms with van der Waals surface area (Å²) in [7, 11) is 0. The molecule has 0 saturated heterocycles. The van der Waals surface area contributed by atoms with E-state index in [0.717, 1.165) is 0 Å². The predicted octanol–water partition coefficient (Wildman–Crippen LogP) is 10.2. The average molecular weight is 459 g/mol. The molecule has 1 aromatic heterocycles. The van der Waals surface area contributed by atoms with Gasteiger partial charge in [0.25, 0.3) is 0 Å². The van der Waals surface area contributed by atoms with E-state index >= 15 is 0 Å². The first kappa shape index (κ1) is 22.0. The lowest BCUT2D eigenvalue weighted by Gasteiger charge is -2.18. The van der Waals surface area contributed by atoms with E-state index in [1.54, 1.807) is 10.5 Å². The quantitative estimate of drug-likeness (QED) is 0.272. The topological polar surface area (TPSA) is 0 Å². The lowest BCUT2D eigenvalue weighted by molar-refractivity contribution is 0.575. The first-order valence-corrected chi connectivity index (χ1v) is 14.2. The Bertz CT molecular complexity index is 1100. The van der Waals surface area contributed by atoms with Gasteiger partial charge in [-0.1, -0.05) is 118 Å². The third kappa shape index (κ3) is 4.77. The van der Waals surface area contributed by atoms with Gasteiger partial charge in [0.15, 0.2) is 0 Å². The number of rotatable bonds is 10. The van der Waals surface area contributed by atoms with Crippen LogP contribution < -0.4 is 0 Å². The van der Waals surface area contributed by atoms with E-state index in [2.05, 4.69) is 85.4 Å². The molecule has 0 amide bonds. The Morgan fingerprint density at radius 2 is 1.59 bits per heavy atom. The first-order chi connectivity index (χ1) is 15.8. The smallest absolute Gasteiger partial charge is 0.0392 e. The molecule has 2 unspecified atom stereocenters. The number of thiophene rings is 1. The summed E-state index contributed by atoms with van der Waals surface area (Å²) >= 11 is 4.11. The summed E-state index contributed by atoms with van der Waals surface area (Å²) in [5.41, 5.74) is 4.20. The summed E-state index contributed by atoms with van der Waals surface area (Å²) < 4.78 is 1.43. The van der Waals surface area contributed by atoms with Gasteiger partial charge in [0.05, 0.1) is 0 Å². The van der Waals surface area contributed by atoms with Gasteiger partial charge in [-0.15, -0.1) is 23.1 Å². The predicted molar refractivity (Wildman–Crippen MR) is 144 cm³/mol. The van der Waals surface area contributed by atoms with Crippen LogP contribution in [-0.4, -0.2) is 5.25 Å². The molecule has 1 aliphatic carbocycles. The molecule has 0 bridgehead atoms. The molecule has 2 aromatic carbocycles. The van der Waals surface area contributed by atoms with Crippen molar-refractivity contribution in [3.05, 3.63) is 77.2 Å². The fourth-order valence-electron chi connectivity index (χ4n) is 5.06. The van der Waals surface area contributed by atoms with Crippen LogP contribution in [0.1, 0.15) is 75.5 Å². The second kappa shape index (κ2) is 10.4. The molecule has 0 saturated carbocycles. The van der Waals surface area contributed by atoms with Gasteiger partial charge in [-0.3, -0.25) is 0 Å². The van der Waals surface area contributed by atoms with Gasteiger partial charge < -0.3 is 0 Å². The van der Waals surface area contributed by atoms with Crippen LogP contribution in [-0.2, 0) is 0 Å². The van der Waals surface area contributed by atoms with E-state index in [0.29, 0.717) is 11.2 Å². The number of hydrogen-bond donors (Lipinski definition) is 0. The van der Waals surface area contributed by atoms with Gasteiger partial charge >= 0.3 is 0 Å². The zero-order valence-electron chi connectivity index (χ0n) is 19.2. The summed E-state index contributed by atoms with van der Waals surface area (Å²) in [6, 6.07) is 17.8. The second-order valence-electron chi connectivity index (χ2n) is 9.31. The zero-order chi connectivity index (χ0) is 21.8. The lowest BCUT2D eigenvalue weighted by Crippen LogP contribution is -2.08. The summed E-state index contributed by atoms with van der Waals surface area (Å²) in [5.74, 6) is 0.565. The standard InChI is InChI=1S/C30H34S2/c1-2-3-4-5-6-7-8-10-13-22-16-18-25-27(20-22)31-30-26-19-17-24(21-28(26)32-29(25)30)23-14-11-9-12-15-23/h9,11-12,14-21,25,27H,2-8,10,13H2,1H3. The molecular weight excluding hydrogens is 424 g/mol. The summed E-state index contributed by atoms with van der Waals surface area (Å²) in [6.07, 6.45) is 19.9. The van der Waals surface area contributed by atoms with E-state index in [-0.39, 0.29) is 0 Å². The third-order valence-corrected chi connectivity index (χ3v) is 9.66. The van der Waals surface area contributed by atoms with E-state index in [1.807, 2.05) is 11.3 Å². The van der Waals surface area contributed by atoms with Gasteiger partial charge in [-0.05, 0) is 30.0 Å². The van der Waals surface area contributed by atoms with E-state index in [4.69, 9.17) is 0 Å². The Morgan fingerprint density at radius 1 is 0.812 bits per heavy atom. The van der Waals surface area contributed by atoms with Crippen molar-refractivity contribution in [2.75, 3.05) is 0 Å². The number of allylic oxidation sites excluding steroid dienone is 3. The number of hydrogen-bond acceptors (Lipinski definition) is 2. The molecule has 2 heteroatoms. The molecule has 0 nitrogen and oxygen atoms in total. The van der Waals surface area contributed by atoms with Crippen LogP contribution in [0.25, 0.3) is 21.2 Å². The highest BCUT2D eigenvalue weighted by molar-refractivity contribution is 8.00. The molecule has 2 atom stereocenters. The van der Waals surface area contributed by atoms with Gasteiger partial charge in [0, 0.05) is 31.0 Å². The molecular formula is C30H34S2. The largest absolute Gasteiger partial charge is 0.138 e. The number of thioether (sulfide) groups is 1. The van der Waals surface area contributed by atoms with Crippen molar-refractivity contribution in [3.63, 3.8) is 0 Å². The highest BCUT2D eigenvalue weighted by atomic mass is 32.2. The average Bonchev–Trinajstić information content (AvgIpc) is 3.36. The van der Waals surface area contributed by atoms with Crippen LogP contribution >= 0.6 is 23.1 Å². The van der Waals surface area contributed by atoms with Crippen LogP contribution in [0.2, 0.25) is 0 Å². The Balaban J connectivity index is 1.20. The summed E-state index contributed by atoms with van der Waals surface area (Å²) in [4.78, 5) is 3.12. The molecule has 0 fully saturated rings. The molecule has 1 aliphatic heterocycles. The molecule has 166 valence electrons. The molecule has 5 rings (SSSR count). The Labute approximate surface area is 201 Å². The maximum Gasteiger partial charge on any atom is 0.0392 e. The van der Waals surface area contributed by atoms with Crippen molar-refractivity contribution < 1.29 is 0 Å². The van der Waals surface area contributed by atoms with Crippen LogP contribution in [0.5, 0.6) is 0 Å². The van der Waals surface area contributed by atoms with Gasteiger partial charge in [0.1, 0.15) is 0 Å². The van der Waals surface area contributed by atoms with Crippen LogP contribution in [0.4, 0.5) is 0 Å². The summed E-state index contributed by atoms with van der Waals surface area (Å²) in [6.45, 7) is 2.29. The maximum atomic E-state index is 2.58. The monoisotopic (exact) mass is 458 g/mol. The highest BCUT2D eigenvalue weighted by Crippen LogP contribution is 2.55. The minimum absolute atomic E-state index is 0.565. The molecule has 32 heavy (non-hydrogen) atoms. The number of unbranched alkanes of at least 4 members (excludes halogenated alkanes) is 7. The van der Waals surface area contributed by atoms with E-state index in [1.165, 1.54) is 83.9 Å². The Kier molecular flexibility index (Phi) is 7.19. The minimum atomic E-state index is 0.565. The maximum absolute atomic E-state index is 2.58. The molecule has 2 aliphatic rings. The van der Waals surface area contributed by atoms with Gasteiger partial charge in [-0.2, -0.15) is 0 Å². The number of fused-ring (bicyclic) bond motifs is 5. The van der Waals surface area contributed by atoms with Crippen molar-refractivity contribution in [2.24, 2.45) is 0 Å². The molecule has 0 spiro atoms. The first-order valence-electron chi connectivity index (χ1n) is 12.5. The van der Waals surface area contributed by atoms with Crippen molar-refractivity contribution in [3.8, 4) is 11.1 Å². The van der Waals surface area contributed by atoms with Gasteiger partial charge in [0.2, 0.25) is 0 Å². The van der Waals surface area contributed by atoms with Crippen molar-refractivity contribution in [1.29, 1.82) is 0 Å². The number of benzene rings is 2. The Hall–Kier alpha value is -1.77. The summed E-state index contributed by atoms with van der Waals surface area (Å²) in [5, 5.41) is 2.05. The van der Waals surface area contributed by atoms with Crippen LogP contribution in [0, 0.1) is 0 Å². The van der Waals surface area contributed by atoms with E-state index in [9.17, 15) is 0 Å². The fourth-order valence-corrected chi connectivity index (χ4v) is 8.19. The normalized spacial score (nSPS) is 19.2. The molecule has 3 aromatic rings. The fraction of sp³-hybridized carbons (Fsp3) is 0.400. The van der Waals surface area contributed by atoms with Crippen molar-refractivity contribution in [1.82, 2.24) is 0 Å². The minimum Gasteiger partial charge on any atom is -0.138 e. The van der Waals surface area contributed by atoms with E-state index < -0.39 is 0 Å². The van der Waals surface area contributed by atoms with Crippen LogP contribution in [0.3, 0.4) is 0 Å². The molecule has 2 heterocycles. The second-order valence-corrected chi connectivity index (χ2v) is 11.6. The van der Waals surface area contributed by atoms with Crippen molar-refractivity contribution in [2.45, 2.75) is 80.8 Å². The molecule has 0 radical (unpaired) electrons. The SMILES string of the molecule is CCCCCCCCCCC1=CC2Sc3c(sc4cc(-c5ccccc5)ccc34)C2C=C1. The van der Waals surface area contributed by atoms with Crippen molar-refractivity contribution >= 4 is 33.2 Å². The molecule has 0 N–H and O–H groups in total. The third-order valence-electron chi connectivity index (χ3n) is 6.90. The lowest BCUT2D eigenvalue weighted by atomic mass is 9.92. The van der Waals surface area contributed by atoms with Gasteiger partial charge in [-0.25, -0.2) is 0 Å². The zero-order valence-corrected chi connectivity index (χ0v) is 20.8. The van der Waals surface area contributed by atoms with Crippen LogP contribution in [0.15, 0.2) is 77.2 Å². The Morgan fingerprint density at radius 3 is 2.41 bits per heavy atom.